The first-order valence-corrected chi connectivity index (χ1v) is 7.49. The molecule has 2 fully saturated rings. The third kappa shape index (κ3) is 3.65. The molecule has 0 spiro atoms. The molecule has 1 unspecified atom stereocenters. The van der Waals surface area contributed by atoms with Gasteiger partial charge in [-0.1, -0.05) is 0 Å². The van der Waals surface area contributed by atoms with E-state index in [9.17, 15) is 14.7 Å². The lowest BCUT2D eigenvalue weighted by Crippen LogP contribution is -2.61. The van der Waals surface area contributed by atoms with E-state index >= 15 is 0 Å². The molecule has 0 radical (unpaired) electrons. The Bertz CT molecular complexity index is 394. The summed E-state index contributed by atoms with van der Waals surface area (Å²) in [6.45, 7) is 2.06. The highest BCUT2D eigenvalue weighted by Crippen LogP contribution is 2.22. The van der Waals surface area contributed by atoms with Crippen molar-refractivity contribution < 1.29 is 19.4 Å². The molecule has 0 aromatic carbocycles. The van der Waals surface area contributed by atoms with Crippen LogP contribution in [0.3, 0.4) is 0 Å². The van der Waals surface area contributed by atoms with Gasteiger partial charge in [0.2, 0.25) is 0 Å². The molecule has 7 nitrogen and oxygen atoms in total. The standard InChI is InChI=1S/C14H25N3O4/c1-16(2)11-4-3-7-17(10-11)13(20)15-14(12(18)19)5-8-21-9-6-14/h11H,3-10H2,1-2H3,(H,15,20)(H,18,19). The molecular formula is C14H25N3O4. The lowest BCUT2D eigenvalue weighted by molar-refractivity contribution is -0.148. The summed E-state index contributed by atoms with van der Waals surface area (Å²) in [4.78, 5) is 27.8. The minimum Gasteiger partial charge on any atom is -0.480 e. The van der Waals surface area contributed by atoms with Gasteiger partial charge in [0, 0.05) is 45.2 Å². The summed E-state index contributed by atoms with van der Waals surface area (Å²) in [7, 11) is 4.01. The highest BCUT2D eigenvalue weighted by Gasteiger charge is 2.42. The molecule has 120 valence electrons. The van der Waals surface area contributed by atoms with Crippen molar-refractivity contribution in [2.75, 3.05) is 40.4 Å². The number of nitrogens with zero attached hydrogens (tertiary/aromatic N) is 2. The fraction of sp³-hybridized carbons (Fsp3) is 0.857. The Hall–Kier alpha value is -1.34. The topological polar surface area (TPSA) is 82.1 Å². The lowest BCUT2D eigenvalue weighted by atomic mass is 9.90. The summed E-state index contributed by atoms with van der Waals surface area (Å²) in [5, 5.41) is 12.2. The number of carboxylic acids is 1. The van der Waals surface area contributed by atoms with Crippen LogP contribution in [0.25, 0.3) is 0 Å². The van der Waals surface area contributed by atoms with Gasteiger partial charge in [0.25, 0.3) is 0 Å². The molecule has 0 aromatic rings. The molecule has 2 N–H and O–H groups in total. The van der Waals surface area contributed by atoms with Crippen LogP contribution in [0.5, 0.6) is 0 Å². The van der Waals surface area contributed by atoms with E-state index in [2.05, 4.69) is 10.2 Å². The number of carbonyl (C=O) groups is 2. The van der Waals surface area contributed by atoms with Crippen LogP contribution in [0, 0.1) is 0 Å². The number of carbonyl (C=O) groups excluding carboxylic acids is 1. The Balaban J connectivity index is 2.00. The van der Waals surface area contributed by atoms with Gasteiger partial charge in [-0.15, -0.1) is 0 Å². The second-order valence-electron chi connectivity index (χ2n) is 6.14. The zero-order valence-electron chi connectivity index (χ0n) is 12.8. The smallest absolute Gasteiger partial charge is 0.329 e. The zero-order chi connectivity index (χ0) is 15.5. The van der Waals surface area contributed by atoms with Crippen LogP contribution in [-0.2, 0) is 9.53 Å². The Morgan fingerprint density at radius 2 is 2.00 bits per heavy atom. The highest BCUT2D eigenvalue weighted by molar-refractivity contribution is 5.86. The van der Waals surface area contributed by atoms with Gasteiger partial charge >= 0.3 is 12.0 Å². The third-order valence-corrected chi connectivity index (χ3v) is 4.52. The zero-order valence-corrected chi connectivity index (χ0v) is 12.8. The van der Waals surface area contributed by atoms with Gasteiger partial charge in [-0.3, -0.25) is 0 Å². The molecule has 0 aliphatic carbocycles. The van der Waals surface area contributed by atoms with E-state index in [0.29, 0.717) is 45.2 Å². The summed E-state index contributed by atoms with van der Waals surface area (Å²) in [5.41, 5.74) is -1.18. The van der Waals surface area contributed by atoms with Gasteiger partial charge in [-0.25, -0.2) is 9.59 Å². The number of carboxylic acid groups (broad SMARTS) is 1. The fourth-order valence-electron chi connectivity index (χ4n) is 2.96. The number of hydrogen-bond acceptors (Lipinski definition) is 4. The molecule has 0 bridgehead atoms. The van der Waals surface area contributed by atoms with Crippen molar-refractivity contribution in [3.05, 3.63) is 0 Å². The second kappa shape index (κ2) is 6.62. The Morgan fingerprint density at radius 1 is 1.33 bits per heavy atom. The van der Waals surface area contributed by atoms with E-state index < -0.39 is 11.5 Å². The number of ether oxygens (including phenoxy) is 1. The van der Waals surface area contributed by atoms with Crippen molar-refractivity contribution in [1.82, 2.24) is 15.1 Å². The van der Waals surface area contributed by atoms with E-state index in [-0.39, 0.29) is 6.03 Å². The van der Waals surface area contributed by atoms with Crippen LogP contribution in [0.4, 0.5) is 4.79 Å². The lowest BCUT2D eigenvalue weighted by Gasteiger charge is -2.39. The molecule has 2 heterocycles. The number of urea groups is 1. The summed E-state index contributed by atoms with van der Waals surface area (Å²) in [6.07, 6.45) is 2.65. The van der Waals surface area contributed by atoms with Crippen LogP contribution in [0.15, 0.2) is 0 Å². The predicted molar refractivity (Wildman–Crippen MR) is 77.2 cm³/mol. The number of amides is 2. The van der Waals surface area contributed by atoms with Gasteiger partial charge in [-0.05, 0) is 26.9 Å². The normalized spacial score (nSPS) is 25.7. The number of nitrogens with one attached hydrogen (secondary N) is 1. The monoisotopic (exact) mass is 299 g/mol. The molecule has 7 heteroatoms. The molecule has 0 aromatic heterocycles. The molecule has 2 rings (SSSR count). The minimum absolute atomic E-state index is 0.272. The Kier molecular flexibility index (Phi) is 5.05. The van der Waals surface area contributed by atoms with Crippen LogP contribution in [0.1, 0.15) is 25.7 Å². The van der Waals surface area contributed by atoms with Crippen molar-refractivity contribution in [2.24, 2.45) is 0 Å². The molecule has 2 saturated heterocycles. The number of hydrogen-bond donors (Lipinski definition) is 2. The van der Waals surface area contributed by atoms with Crippen molar-refractivity contribution in [2.45, 2.75) is 37.3 Å². The predicted octanol–water partition coefficient (Wildman–Crippen LogP) is 0.356. The van der Waals surface area contributed by atoms with E-state index in [1.165, 1.54) is 0 Å². The molecule has 2 aliphatic heterocycles. The van der Waals surface area contributed by atoms with Crippen molar-refractivity contribution >= 4 is 12.0 Å². The van der Waals surface area contributed by atoms with Crippen LogP contribution < -0.4 is 5.32 Å². The number of likely N-dealkylation sites (tertiary alicyclic amines) is 1. The number of likely N-dealkylation sites (N-methyl/N-ethyl adjacent to an activating group) is 1. The van der Waals surface area contributed by atoms with E-state index in [1.807, 2.05) is 14.1 Å². The van der Waals surface area contributed by atoms with Crippen LogP contribution in [0.2, 0.25) is 0 Å². The maximum Gasteiger partial charge on any atom is 0.329 e. The molecule has 0 saturated carbocycles. The maximum atomic E-state index is 12.4. The number of rotatable bonds is 3. The second-order valence-corrected chi connectivity index (χ2v) is 6.14. The van der Waals surface area contributed by atoms with Gasteiger partial charge in [0.05, 0.1) is 0 Å². The van der Waals surface area contributed by atoms with Gasteiger partial charge in [0.1, 0.15) is 5.54 Å². The molecule has 1 atom stereocenters. The first-order chi connectivity index (χ1) is 9.94. The SMILES string of the molecule is CN(C)C1CCCN(C(=O)NC2(C(=O)O)CCOCC2)C1. The van der Waals surface area contributed by atoms with E-state index in [1.54, 1.807) is 4.90 Å². The summed E-state index contributed by atoms with van der Waals surface area (Å²) < 4.78 is 5.22. The van der Waals surface area contributed by atoms with Gasteiger partial charge < -0.3 is 25.0 Å². The summed E-state index contributed by atoms with van der Waals surface area (Å²) in [6, 6.07) is 0.0609. The van der Waals surface area contributed by atoms with Crippen LogP contribution >= 0.6 is 0 Å². The fourth-order valence-corrected chi connectivity index (χ4v) is 2.96. The van der Waals surface area contributed by atoms with Crippen molar-refractivity contribution in [3.63, 3.8) is 0 Å². The Morgan fingerprint density at radius 3 is 2.57 bits per heavy atom. The van der Waals surface area contributed by atoms with Gasteiger partial charge in [0.15, 0.2) is 0 Å². The highest BCUT2D eigenvalue weighted by atomic mass is 16.5. The molecule has 21 heavy (non-hydrogen) atoms. The van der Waals surface area contributed by atoms with E-state index in [0.717, 1.165) is 12.8 Å². The van der Waals surface area contributed by atoms with Gasteiger partial charge in [-0.2, -0.15) is 0 Å². The Labute approximate surface area is 125 Å². The largest absolute Gasteiger partial charge is 0.480 e. The minimum atomic E-state index is -1.18. The summed E-state index contributed by atoms with van der Waals surface area (Å²) in [5.74, 6) is -0.972. The van der Waals surface area contributed by atoms with Crippen molar-refractivity contribution in [1.29, 1.82) is 0 Å². The quantitative estimate of drug-likeness (QED) is 0.786. The molecular weight excluding hydrogens is 274 g/mol. The first-order valence-electron chi connectivity index (χ1n) is 7.49. The third-order valence-electron chi connectivity index (χ3n) is 4.52. The average Bonchev–Trinajstić information content (AvgIpc) is 2.48. The van der Waals surface area contributed by atoms with Crippen LogP contribution in [-0.4, -0.2) is 78.9 Å². The number of aliphatic carboxylic acids is 1. The average molecular weight is 299 g/mol. The molecule has 2 amide bonds. The summed E-state index contributed by atoms with van der Waals surface area (Å²) >= 11 is 0. The van der Waals surface area contributed by atoms with E-state index in [4.69, 9.17) is 4.74 Å². The number of piperidine rings is 1. The molecule has 2 aliphatic rings. The van der Waals surface area contributed by atoms with Crippen molar-refractivity contribution in [3.8, 4) is 0 Å². The first kappa shape index (κ1) is 16.0. The maximum absolute atomic E-state index is 12.4.